The number of amidine groups is 1. The Balaban J connectivity index is 2.51. The van der Waals surface area contributed by atoms with Crippen molar-refractivity contribution in [3.05, 3.63) is 35.4 Å². The molecule has 1 rings (SSSR count). The molecule has 0 spiro atoms. The van der Waals surface area contributed by atoms with Gasteiger partial charge >= 0.3 is 0 Å². The average molecular weight is 315 g/mol. The van der Waals surface area contributed by atoms with E-state index in [0.29, 0.717) is 5.56 Å². The maximum Gasteiger partial charge on any atom is 0.214 e. The Morgan fingerprint density at radius 1 is 1.38 bits per heavy atom. The van der Waals surface area contributed by atoms with E-state index in [4.69, 9.17) is 15.7 Å². The van der Waals surface area contributed by atoms with Crippen molar-refractivity contribution in [1.29, 1.82) is 0 Å². The van der Waals surface area contributed by atoms with E-state index in [9.17, 15) is 8.42 Å². The van der Waals surface area contributed by atoms with Gasteiger partial charge in [-0.15, -0.1) is 0 Å². The summed E-state index contributed by atoms with van der Waals surface area (Å²) in [6, 6.07) is 6.72. The molecule has 0 amide bonds. The van der Waals surface area contributed by atoms with Crippen LogP contribution >= 0.6 is 0 Å². The first-order valence-corrected chi connectivity index (χ1v) is 8.15. The van der Waals surface area contributed by atoms with Crippen LogP contribution in [0.2, 0.25) is 0 Å². The van der Waals surface area contributed by atoms with Crippen LogP contribution in [0.4, 0.5) is 0 Å². The second-order valence-electron chi connectivity index (χ2n) is 4.74. The van der Waals surface area contributed by atoms with Gasteiger partial charge in [-0.2, -0.15) is 0 Å². The third-order valence-electron chi connectivity index (χ3n) is 2.66. The normalized spacial score (nSPS) is 12.8. The van der Waals surface area contributed by atoms with Gasteiger partial charge in [-0.25, -0.2) is 13.1 Å². The Bertz CT molecular complexity index is 568. The third kappa shape index (κ3) is 6.56. The lowest BCUT2D eigenvalue weighted by molar-refractivity contribution is 0.0911. The lowest BCUT2D eigenvalue weighted by Gasteiger charge is -2.09. The molecule has 0 aliphatic rings. The summed E-state index contributed by atoms with van der Waals surface area (Å²) < 4.78 is 31.2. The minimum atomic E-state index is -3.37. The number of hydrogen-bond donors (Lipinski definition) is 3. The van der Waals surface area contributed by atoms with Gasteiger partial charge in [-0.05, 0) is 19.4 Å². The van der Waals surface area contributed by atoms with Crippen LogP contribution in [0.3, 0.4) is 0 Å². The standard InChI is InChI=1S/C13H21N3O4S/c1-10(2)20-7-8-21(18,19)15-9-11-3-5-12(6-4-11)13(14)16-17/h3-6,10,15,17H,7-9H2,1-2H3,(H2,14,16). The molecule has 0 bridgehead atoms. The topological polar surface area (TPSA) is 114 Å². The van der Waals surface area contributed by atoms with Gasteiger partial charge in [0.2, 0.25) is 10.0 Å². The van der Waals surface area contributed by atoms with E-state index >= 15 is 0 Å². The molecule has 0 fully saturated rings. The minimum absolute atomic E-state index is 0.00592. The quantitative estimate of drug-likeness (QED) is 0.282. The molecule has 0 saturated heterocycles. The summed E-state index contributed by atoms with van der Waals surface area (Å²) in [7, 11) is -3.37. The van der Waals surface area contributed by atoms with Gasteiger partial charge in [-0.3, -0.25) is 0 Å². The molecule has 21 heavy (non-hydrogen) atoms. The molecule has 0 aliphatic carbocycles. The molecule has 0 radical (unpaired) electrons. The highest BCUT2D eigenvalue weighted by molar-refractivity contribution is 7.89. The summed E-state index contributed by atoms with van der Waals surface area (Å²) in [5.74, 6) is -0.0686. The Kier molecular flexibility index (Phi) is 6.60. The molecule has 0 heterocycles. The maximum absolute atomic E-state index is 11.7. The van der Waals surface area contributed by atoms with E-state index in [-0.39, 0.29) is 30.8 Å². The second kappa shape index (κ2) is 7.96. The summed E-state index contributed by atoms with van der Waals surface area (Å²) in [6.45, 7) is 4.04. The van der Waals surface area contributed by atoms with E-state index in [1.165, 1.54) is 0 Å². The zero-order chi connectivity index (χ0) is 15.9. The fourth-order valence-corrected chi connectivity index (χ4v) is 2.36. The number of oxime groups is 1. The van der Waals surface area contributed by atoms with Crippen LogP contribution in [0.5, 0.6) is 0 Å². The number of rotatable bonds is 8. The average Bonchev–Trinajstić information content (AvgIpc) is 2.44. The van der Waals surface area contributed by atoms with Crippen LogP contribution < -0.4 is 10.5 Å². The van der Waals surface area contributed by atoms with Gasteiger partial charge in [-0.1, -0.05) is 29.4 Å². The molecule has 0 aromatic heterocycles. The Labute approximate surface area is 124 Å². The monoisotopic (exact) mass is 315 g/mol. The molecular formula is C13H21N3O4S. The summed E-state index contributed by atoms with van der Waals surface area (Å²) in [6.07, 6.45) is 0.00592. The molecule has 0 unspecified atom stereocenters. The summed E-state index contributed by atoms with van der Waals surface area (Å²) >= 11 is 0. The number of nitrogens with two attached hydrogens (primary N) is 1. The molecule has 4 N–H and O–H groups in total. The fraction of sp³-hybridized carbons (Fsp3) is 0.462. The first-order chi connectivity index (χ1) is 9.84. The molecule has 1 aromatic carbocycles. The van der Waals surface area contributed by atoms with Crippen LogP contribution in [0, 0.1) is 0 Å². The second-order valence-corrected chi connectivity index (χ2v) is 6.67. The fourth-order valence-electron chi connectivity index (χ4n) is 1.51. The van der Waals surface area contributed by atoms with E-state index in [1.54, 1.807) is 24.3 Å². The summed E-state index contributed by atoms with van der Waals surface area (Å²) in [5.41, 5.74) is 6.78. The van der Waals surface area contributed by atoms with Gasteiger partial charge in [0.05, 0.1) is 18.5 Å². The van der Waals surface area contributed by atoms with Crippen LogP contribution in [0.1, 0.15) is 25.0 Å². The van der Waals surface area contributed by atoms with Crippen LogP contribution in [-0.4, -0.2) is 37.9 Å². The highest BCUT2D eigenvalue weighted by Gasteiger charge is 2.10. The molecule has 0 saturated carbocycles. The highest BCUT2D eigenvalue weighted by Crippen LogP contribution is 2.05. The number of ether oxygens (including phenoxy) is 1. The lowest BCUT2D eigenvalue weighted by Crippen LogP contribution is -2.28. The van der Waals surface area contributed by atoms with Crippen LogP contribution in [0.15, 0.2) is 29.4 Å². The SMILES string of the molecule is CC(C)OCCS(=O)(=O)NCc1ccc(C(N)=NO)cc1. The predicted octanol–water partition coefficient (Wildman–Crippen LogP) is 0.626. The third-order valence-corrected chi connectivity index (χ3v) is 3.95. The van der Waals surface area contributed by atoms with Gasteiger partial charge in [0.25, 0.3) is 0 Å². The van der Waals surface area contributed by atoms with E-state index in [2.05, 4.69) is 9.88 Å². The van der Waals surface area contributed by atoms with Gasteiger partial charge in [0.15, 0.2) is 5.84 Å². The number of nitrogens with one attached hydrogen (secondary N) is 1. The lowest BCUT2D eigenvalue weighted by atomic mass is 10.1. The predicted molar refractivity (Wildman–Crippen MR) is 80.7 cm³/mol. The summed E-state index contributed by atoms with van der Waals surface area (Å²) in [4.78, 5) is 0. The van der Waals surface area contributed by atoms with Crippen molar-refractivity contribution in [2.45, 2.75) is 26.5 Å². The number of sulfonamides is 1. The number of benzene rings is 1. The Morgan fingerprint density at radius 2 is 2.00 bits per heavy atom. The van der Waals surface area contributed by atoms with Crippen molar-refractivity contribution in [3.8, 4) is 0 Å². The van der Waals surface area contributed by atoms with Crippen molar-refractivity contribution in [2.75, 3.05) is 12.4 Å². The van der Waals surface area contributed by atoms with Crippen molar-refractivity contribution in [3.63, 3.8) is 0 Å². The van der Waals surface area contributed by atoms with E-state index in [0.717, 1.165) is 5.56 Å². The van der Waals surface area contributed by atoms with Crippen LogP contribution in [0.25, 0.3) is 0 Å². The van der Waals surface area contributed by atoms with Crippen LogP contribution in [-0.2, 0) is 21.3 Å². The van der Waals surface area contributed by atoms with Gasteiger partial charge in [0.1, 0.15) is 0 Å². The first kappa shape index (κ1) is 17.4. The molecule has 7 nitrogen and oxygen atoms in total. The van der Waals surface area contributed by atoms with Gasteiger partial charge in [0, 0.05) is 12.1 Å². The summed E-state index contributed by atoms with van der Waals surface area (Å²) in [5, 5.41) is 11.4. The molecule has 8 heteroatoms. The maximum atomic E-state index is 11.7. The first-order valence-electron chi connectivity index (χ1n) is 6.50. The molecule has 0 aliphatic heterocycles. The zero-order valence-electron chi connectivity index (χ0n) is 12.1. The Hall–Kier alpha value is -1.64. The molecule has 0 atom stereocenters. The van der Waals surface area contributed by atoms with Crippen molar-refractivity contribution in [1.82, 2.24) is 4.72 Å². The van der Waals surface area contributed by atoms with Crippen molar-refractivity contribution < 1.29 is 18.4 Å². The largest absolute Gasteiger partial charge is 0.409 e. The van der Waals surface area contributed by atoms with E-state index < -0.39 is 10.0 Å². The smallest absolute Gasteiger partial charge is 0.214 e. The molecular weight excluding hydrogens is 294 g/mol. The highest BCUT2D eigenvalue weighted by atomic mass is 32.2. The minimum Gasteiger partial charge on any atom is -0.409 e. The van der Waals surface area contributed by atoms with Crippen molar-refractivity contribution in [2.24, 2.45) is 10.9 Å². The number of hydrogen-bond acceptors (Lipinski definition) is 5. The van der Waals surface area contributed by atoms with E-state index in [1.807, 2.05) is 13.8 Å². The Morgan fingerprint density at radius 3 is 2.52 bits per heavy atom. The zero-order valence-corrected chi connectivity index (χ0v) is 12.9. The molecule has 1 aromatic rings. The van der Waals surface area contributed by atoms with Gasteiger partial charge < -0.3 is 15.7 Å². The molecule has 118 valence electrons. The number of nitrogens with zero attached hydrogens (tertiary/aromatic N) is 1. The van der Waals surface area contributed by atoms with Crippen molar-refractivity contribution >= 4 is 15.9 Å².